The van der Waals surface area contributed by atoms with Crippen LogP contribution in [-0.4, -0.2) is 25.8 Å². The van der Waals surface area contributed by atoms with Gasteiger partial charge in [-0.05, 0) is 17.7 Å². The largest absolute Gasteiger partial charge is 0.451 e. The Bertz CT molecular complexity index is 1770. The van der Waals surface area contributed by atoms with E-state index in [9.17, 15) is 18.0 Å². The molecular formula is C31H25Cl2F3N6O. The molecule has 12 heteroatoms. The lowest BCUT2D eigenvalue weighted by molar-refractivity contribution is -0.144. The number of carbonyl (C=O) groups is 1. The lowest BCUT2D eigenvalue weighted by Crippen LogP contribution is -2.23. The van der Waals surface area contributed by atoms with Crippen LogP contribution < -0.4 is 10.6 Å². The lowest BCUT2D eigenvalue weighted by Gasteiger charge is -2.19. The molecule has 5 rings (SSSR count). The van der Waals surface area contributed by atoms with Crippen molar-refractivity contribution in [1.82, 2.24) is 19.7 Å². The minimum atomic E-state index is -4.88. The molecule has 3 aromatic carbocycles. The highest BCUT2D eigenvalue weighted by atomic mass is 35.5. The molecule has 0 atom stereocenters. The van der Waals surface area contributed by atoms with Crippen LogP contribution in [0, 0.1) is 0 Å². The monoisotopic (exact) mass is 624 g/mol. The van der Waals surface area contributed by atoms with Gasteiger partial charge in [0.25, 0.3) is 0 Å². The summed E-state index contributed by atoms with van der Waals surface area (Å²) in [6.07, 6.45) is -4.88. The molecule has 5 aromatic rings. The summed E-state index contributed by atoms with van der Waals surface area (Å²) in [7, 11) is 0. The Morgan fingerprint density at radius 3 is 1.93 bits per heavy atom. The van der Waals surface area contributed by atoms with E-state index < -0.39 is 23.4 Å². The van der Waals surface area contributed by atoms with Gasteiger partial charge < -0.3 is 5.32 Å². The first-order chi connectivity index (χ1) is 20.3. The Kier molecular flexibility index (Phi) is 8.18. The molecule has 0 aliphatic heterocycles. The van der Waals surface area contributed by atoms with Crippen LogP contribution >= 0.6 is 23.2 Å². The Balaban J connectivity index is 1.76. The van der Waals surface area contributed by atoms with E-state index in [0.29, 0.717) is 22.4 Å². The second-order valence-electron chi connectivity index (χ2n) is 10.6. The van der Waals surface area contributed by atoms with Gasteiger partial charge in [-0.3, -0.25) is 5.32 Å². The molecule has 0 aliphatic rings. The summed E-state index contributed by atoms with van der Waals surface area (Å²) >= 11 is 12.4. The predicted molar refractivity (Wildman–Crippen MR) is 163 cm³/mol. The number of urea groups is 1. The van der Waals surface area contributed by atoms with Gasteiger partial charge in [-0.2, -0.15) is 23.0 Å². The van der Waals surface area contributed by atoms with Crippen molar-refractivity contribution in [2.45, 2.75) is 32.4 Å². The highest BCUT2D eigenvalue weighted by molar-refractivity contribution is 6.39. The second kappa shape index (κ2) is 11.7. The number of para-hydroxylation sites is 1. The van der Waals surface area contributed by atoms with Gasteiger partial charge in [0.05, 0.1) is 32.7 Å². The number of hydrogen-bond donors (Lipinski definition) is 2. The fourth-order valence-electron chi connectivity index (χ4n) is 4.28. The molecule has 43 heavy (non-hydrogen) atoms. The normalized spacial score (nSPS) is 11.8. The summed E-state index contributed by atoms with van der Waals surface area (Å²) in [4.78, 5) is 21.2. The number of nitrogens with zero attached hydrogens (tertiary/aromatic N) is 4. The second-order valence-corrected chi connectivity index (χ2v) is 11.4. The molecule has 0 aliphatic carbocycles. The number of anilines is 2. The summed E-state index contributed by atoms with van der Waals surface area (Å²) < 4.78 is 44.0. The number of halogens is 5. The number of rotatable bonds is 5. The van der Waals surface area contributed by atoms with Gasteiger partial charge in [-0.1, -0.05) is 111 Å². The van der Waals surface area contributed by atoms with Gasteiger partial charge in [0.2, 0.25) is 5.82 Å². The Morgan fingerprint density at radius 1 is 0.791 bits per heavy atom. The number of alkyl halides is 3. The number of carbonyl (C=O) groups excluding carboxylic acids is 1. The first kappa shape index (κ1) is 30.1. The van der Waals surface area contributed by atoms with Crippen molar-refractivity contribution in [1.29, 1.82) is 0 Å². The molecular weight excluding hydrogens is 600 g/mol. The van der Waals surface area contributed by atoms with E-state index in [-0.39, 0.29) is 33.1 Å². The molecule has 0 radical (unpaired) electrons. The fraction of sp³-hybridized carbons (Fsp3) is 0.161. The number of aromatic nitrogens is 4. The molecule has 0 bridgehead atoms. The van der Waals surface area contributed by atoms with Crippen molar-refractivity contribution < 1.29 is 18.0 Å². The van der Waals surface area contributed by atoms with Crippen LogP contribution in [0.1, 0.15) is 32.3 Å². The van der Waals surface area contributed by atoms with E-state index in [4.69, 9.17) is 23.2 Å². The highest BCUT2D eigenvalue weighted by Gasteiger charge is 2.38. The van der Waals surface area contributed by atoms with Crippen LogP contribution in [0.4, 0.5) is 29.5 Å². The van der Waals surface area contributed by atoms with Crippen LogP contribution in [-0.2, 0) is 11.6 Å². The van der Waals surface area contributed by atoms with Crippen molar-refractivity contribution >= 4 is 40.7 Å². The number of hydrogen-bond acceptors (Lipinski definition) is 4. The third-order valence-corrected chi connectivity index (χ3v) is 7.00. The predicted octanol–water partition coefficient (Wildman–Crippen LogP) is 9.26. The molecule has 2 heterocycles. The van der Waals surface area contributed by atoms with Crippen LogP contribution in [0.25, 0.3) is 28.2 Å². The van der Waals surface area contributed by atoms with Crippen molar-refractivity contribution in [2.75, 3.05) is 10.6 Å². The molecule has 220 valence electrons. The third kappa shape index (κ3) is 6.50. The summed E-state index contributed by atoms with van der Waals surface area (Å²) in [5.74, 6) is -1.46. The van der Waals surface area contributed by atoms with E-state index in [1.54, 1.807) is 84.9 Å². The summed E-state index contributed by atoms with van der Waals surface area (Å²) in [6, 6.07) is 22.9. The van der Waals surface area contributed by atoms with Crippen molar-refractivity contribution in [3.63, 3.8) is 0 Å². The van der Waals surface area contributed by atoms with E-state index in [2.05, 4.69) is 25.7 Å². The maximum absolute atomic E-state index is 14.3. The SMILES string of the molecule is CC(C)(C)c1cc(NC(=O)Nc2c(Cl)cccc2Cl)n(-c2nc(C(F)(F)F)nc(-c3ccccc3)c2-c2ccccc2)n1. The maximum atomic E-state index is 14.3. The van der Waals surface area contributed by atoms with Crippen molar-refractivity contribution in [3.05, 3.63) is 106 Å². The van der Waals surface area contributed by atoms with Crippen molar-refractivity contribution in [3.8, 4) is 28.2 Å². The van der Waals surface area contributed by atoms with Gasteiger partial charge in [0.15, 0.2) is 5.82 Å². The minimum absolute atomic E-state index is 0.0511. The van der Waals surface area contributed by atoms with Crippen LogP contribution in [0.2, 0.25) is 10.0 Å². The van der Waals surface area contributed by atoms with Crippen molar-refractivity contribution in [2.24, 2.45) is 0 Å². The van der Waals surface area contributed by atoms with Gasteiger partial charge >= 0.3 is 12.2 Å². The zero-order valence-electron chi connectivity index (χ0n) is 23.2. The highest BCUT2D eigenvalue weighted by Crippen LogP contribution is 2.39. The van der Waals surface area contributed by atoms with E-state index in [0.717, 1.165) is 0 Å². The van der Waals surface area contributed by atoms with Crippen LogP contribution in [0.15, 0.2) is 84.9 Å². The lowest BCUT2D eigenvalue weighted by atomic mass is 9.92. The number of benzene rings is 3. The third-order valence-electron chi connectivity index (χ3n) is 6.37. The molecule has 0 fully saturated rings. The average Bonchev–Trinajstić information content (AvgIpc) is 3.39. The molecule has 2 amide bonds. The van der Waals surface area contributed by atoms with E-state index in [1.807, 2.05) is 20.8 Å². The van der Waals surface area contributed by atoms with Gasteiger partial charge in [0.1, 0.15) is 5.82 Å². The smallest absolute Gasteiger partial charge is 0.305 e. The summed E-state index contributed by atoms with van der Waals surface area (Å²) in [5.41, 5.74) is 1.46. The Morgan fingerprint density at radius 2 is 1.37 bits per heavy atom. The fourth-order valence-corrected chi connectivity index (χ4v) is 4.77. The number of amides is 2. The first-order valence-electron chi connectivity index (χ1n) is 13.1. The molecule has 2 aromatic heterocycles. The van der Waals surface area contributed by atoms with E-state index in [1.165, 1.54) is 4.68 Å². The quantitative estimate of drug-likeness (QED) is 0.204. The standard InChI is InChI=1S/C31H25Cl2F3N6O/c1-30(2,3)22-17-23(37-29(43)39-26-20(32)15-10-16-21(26)33)42(41-22)27-24(18-11-6-4-7-12-18)25(19-13-8-5-9-14-19)38-28(40-27)31(34,35)36/h4-17H,1-3H3,(H2,37,39,43). The Labute approximate surface area is 255 Å². The molecule has 2 N–H and O–H groups in total. The van der Waals surface area contributed by atoms with Gasteiger partial charge in [-0.15, -0.1) is 0 Å². The zero-order chi connectivity index (χ0) is 30.9. The minimum Gasteiger partial charge on any atom is -0.305 e. The van der Waals surface area contributed by atoms with Gasteiger partial charge in [-0.25, -0.2) is 14.8 Å². The summed E-state index contributed by atoms with van der Waals surface area (Å²) in [6.45, 7) is 5.67. The topological polar surface area (TPSA) is 84.7 Å². The first-order valence-corrected chi connectivity index (χ1v) is 13.8. The molecule has 0 spiro atoms. The van der Waals surface area contributed by atoms with E-state index >= 15 is 0 Å². The zero-order valence-corrected chi connectivity index (χ0v) is 24.7. The van der Waals surface area contributed by atoms with Gasteiger partial charge in [0, 0.05) is 17.0 Å². The molecule has 0 saturated heterocycles. The molecule has 7 nitrogen and oxygen atoms in total. The van der Waals surface area contributed by atoms with Crippen LogP contribution in [0.5, 0.6) is 0 Å². The summed E-state index contributed by atoms with van der Waals surface area (Å²) in [5, 5.41) is 10.4. The number of nitrogens with one attached hydrogen (secondary N) is 2. The molecule has 0 unspecified atom stereocenters. The maximum Gasteiger partial charge on any atom is 0.451 e. The van der Waals surface area contributed by atoms with Crippen LogP contribution in [0.3, 0.4) is 0 Å². The average molecular weight is 625 g/mol. The Hall–Kier alpha value is -4.41. The molecule has 0 saturated carbocycles.